The third-order valence-corrected chi connectivity index (χ3v) is 5.38. The highest BCUT2D eigenvalue weighted by atomic mass is 15.2. The highest BCUT2D eigenvalue weighted by molar-refractivity contribution is 5.24. The zero-order valence-corrected chi connectivity index (χ0v) is 14.3. The van der Waals surface area contributed by atoms with Crippen LogP contribution in [0, 0.1) is 6.92 Å². The molecule has 0 saturated heterocycles. The Morgan fingerprint density at radius 2 is 1.86 bits per heavy atom. The number of benzene rings is 1. The fraction of sp³-hybridized carbons (Fsp3) is 0.684. The normalized spacial score (nSPS) is 19.1. The molecule has 0 aromatic heterocycles. The Hall–Kier alpha value is -0.860. The molecule has 1 aliphatic rings. The SMILES string of the molecule is CCN(CC)C1(C(Cc2cccc(C)c2)NC)CCCC1. The van der Waals surface area contributed by atoms with E-state index in [0.717, 1.165) is 19.5 Å². The van der Waals surface area contributed by atoms with Gasteiger partial charge in [0.05, 0.1) is 0 Å². The van der Waals surface area contributed by atoms with Crippen LogP contribution in [-0.4, -0.2) is 36.6 Å². The minimum Gasteiger partial charge on any atom is -0.315 e. The summed E-state index contributed by atoms with van der Waals surface area (Å²) in [6.45, 7) is 9.12. The van der Waals surface area contributed by atoms with E-state index in [0.29, 0.717) is 11.6 Å². The standard InChI is InChI=1S/C19H32N2/c1-5-21(6-2)19(12-7-8-13-19)18(20-4)15-17-11-9-10-16(3)14-17/h9-11,14,18,20H,5-8,12-13,15H2,1-4H3. The molecule has 1 aliphatic carbocycles. The maximum absolute atomic E-state index is 3.66. The number of nitrogens with one attached hydrogen (secondary N) is 1. The first kappa shape index (κ1) is 16.5. The Morgan fingerprint density at radius 1 is 1.19 bits per heavy atom. The van der Waals surface area contributed by atoms with Gasteiger partial charge in [-0.3, -0.25) is 4.90 Å². The second-order valence-corrected chi connectivity index (χ2v) is 6.52. The van der Waals surface area contributed by atoms with E-state index in [1.54, 1.807) is 0 Å². The first-order valence-electron chi connectivity index (χ1n) is 8.64. The predicted molar refractivity (Wildman–Crippen MR) is 91.9 cm³/mol. The van der Waals surface area contributed by atoms with Gasteiger partial charge in [-0.05, 0) is 51.9 Å². The summed E-state index contributed by atoms with van der Waals surface area (Å²) >= 11 is 0. The van der Waals surface area contributed by atoms with Crippen LogP contribution in [0.25, 0.3) is 0 Å². The third-order valence-electron chi connectivity index (χ3n) is 5.38. The lowest BCUT2D eigenvalue weighted by Crippen LogP contribution is -2.60. The maximum Gasteiger partial charge on any atom is 0.0365 e. The Morgan fingerprint density at radius 3 is 2.38 bits per heavy atom. The molecule has 0 bridgehead atoms. The van der Waals surface area contributed by atoms with Crippen LogP contribution in [0.5, 0.6) is 0 Å². The van der Waals surface area contributed by atoms with Crippen LogP contribution in [0.1, 0.15) is 50.7 Å². The van der Waals surface area contributed by atoms with Gasteiger partial charge in [0.1, 0.15) is 0 Å². The van der Waals surface area contributed by atoms with Crippen molar-refractivity contribution >= 4 is 0 Å². The summed E-state index contributed by atoms with van der Waals surface area (Å²) in [4.78, 5) is 2.71. The molecule has 1 N–H and O–H groups in total. The summed E-state index contributed by atoms with van der Waals surface area (Å²) in [5, 5.41) is 3.66. The van der Waals surface area contributed by atoms with Crippen LogP contribution in [-0.2, 0) is 6.42 Å². The molecule has 21 heavy (non-hydrogen) atoms. The van der Waals surface area contributed by atoms with Gasteiger partial charge in [0.2, 0.25) is 0 Å². The molecule has 0 aliphatic heterocycles. The monoisotopic (exact) mass is 288 g/mol. The zero-order valence-electron chi connectivity index (χ0n) is 14.3. The lowest BCUT2D eigenvalue weighted by Gasteiger charge is -2.46. The Bertz CT molecular complexity index is 431. The molecule has 1 aromatic carbocycles. The minimum atomic E-state index is 0.349. The van der Waals surface area contributed by atoms with Crippen molar-refractivity contribution in [1.29, 1.82) is 0 Å². The van der Waals surface area contributed by atoms with Crippen LogP contribution < -0.4 is 5.32 Å². The zero-order chi connectivity index (χ0) is 15.3. The minimum absolute atomic E-state index is 0.349. The summed E-state index contributed by atoms with van der Waals surface area (Å²) in [7, 11) is 2.14. The number of aryl methyl sites for hydroxylation is 1. The quantitative estimate of drug-likeness (QED) is 0.821. The Kier molecular flexibility index (Phi) is 5.83. The van der Waals surface area contributed by atoms with Crippen LogP contribution in [0.15, 0.2) is 24.3 Å². The van der Waals surface area contributed by atoms with Gasteiger partial charge < -0.3 is 5.32 Å². The van der Waals surface area contributed by atoms with Crippen molar-refractivity contribution < 1.29 is 0 Å². The topological polar surface area (TPSA) is 15.3 Å². The van der Waals surface area contributed by atoms with Crippen molar-refractivity contribution in [2.75, 3.05) is 20.1 Å². The molecule has 2 heteroatoms. The Labute approximate surface area is 130 Å². The second-order valence-electron chi connectivity index (χ2n) is 6.52. The molecule has 0 spiro atoms. The number of rotatable bonds is 7. The molecule has 118 valence electrons. The summed E-state index contributed by atoms with van der Waals surface area (Å²) in [6, 6.07) is 9.54. The van der Waals surface area contributed by atoms with Crippen LogP contribution in [0.2, 0.25) is 0 Å². The first-order chi connectivity index (χ1) is 10.2. The average molecular weight is 288 g/mol. The molecule has 2 nitrogen and oxygen atoms in total. The molecule has 2 rings (SSSR count). The van der Waals surface area contributed by atoms with E-state index in [1.165, 1.54) is 36.8 Å². The second kappa shape index (κ2) is 7.42. The molecule has 1 atom stereocenters. The fourth-order valence-electron chi connectivity index (χ4n) is 4.36. The van der Waals surface area contributed by atoms with Gasteiger partial charge in [-0.15, -0.1) is 0 Å². The summed E-state index contributed by atoms with van der Waals surface area (Å²) in [5.74, 6) is 0. The molecule has 1 unspecified atom stereocenters. The van der Waals surface area contributed by atoms with E-state index in [2.05, 4.69) is 62.3 Å². The first-order valence-corrected chi connectivity index (χ1v) is 8.64. The van der Waals surface area contributed by atoms with Crippen molar-refractivity contribution in [3.05, 3.63) is 35.4 Å². The summed E-state index contributed by atoms with van der Waals surface area (Å²) in [5.41, 5.74) is 3.18. The highest BCUT2D eigenvalue weighted by Gasteiger charge is 2.44. The van der Waals surface area contributed by atoms with E-state index in [-0.39, 0.29) is 0 Å². The molecular weight excluding hydrogens is 256 g/mol. The summed E-state index contributed by atoms with van der Waals surface area (Å²) < 4.78 is 0. The predicted octanol–water partition coefficient (Wildman–Crippen LogP) is 3.78. The van der Waals surface area contributed by atoms with Gasteiger partial charge in [-0.1, -0.05) is 56.5 Å². The van der Waals surface area contributed by atoms with Crippen molar-refractivity contribution in [3.63, 3.8) is 0 Å². The van der Waals surface area contributed by atoms with Crippen molar-refractivity contribution in [2.24, 2.45) is 0 Å². The van der Waals surface area contributed by atoms with Crippen molar-refractivity contribution in [1.82, 2.24) is 10.2 Å². The van der Waals surface area contributed by atoms with Crippen LogP contribution >= 0.6 is 0 Å². The molecule has 1 saturated carbocycles. The van der Waals surface area contributed by atoms with Gasteiger partial charge in [0.15, 0.2) is 0 Å². The smallest absolute Gasteiger partial charge is 0.0365 e. The van der Waals surface area contributed by atoms with E-state index in [1.807, 2.05) is 0 Å². The van der Waals surface area contributed by atoms with Gasteiger partial charge in [-0.25, -0.2) is 0 Å². The maximum atomic E-state index is 3.66. The Balaban J connectivity index is 2.24. The van der Waals surface area contributed by atoms with Crippen molar-refractivity contribution in [3.8, 4) is 0 Å². The molecule has 0 amide bonds. The van der Waals surface area contributed by atoms with Crippen molar-refractivity contribution in [2.45, 2.75) is 64.5 Å². The lowest BCUT2D eigenvalue weighted by molar-refractivity contribution is 0.0658. The number of likely N-dealkylation sites (N-methyl/N-ethyl adjacent to an activating group) is 2. The third kappa shape index (κ3) is 3.49. The van der Waals surface area contributed by atoms with E-state index < -0.39 is 0 Å². The van der Waals surface area contributed by atoms with E-state index in [9.17, 15) is 0 Å². The lowest BCUT2D eigenvalue weighted by atomic mass is 9.82. The van der Waals surface area contributed by atoms with Gasteiger partial charge in [0.25, 0.3) is 0 Å². The average Bonchev–Trinajstić information content (AvgIpc) is 2.96. The van der Waals surface area contributed by atoms with E-state index >= 15 is 0 Å². The summed E-state index contributed by atoms with van der Waals surface area (Å²) in [6.07, 6.45) is 6.57. The molecule has 0 heterocycles. The van der Waals surface area contributed by atoms with Gasteiger partial charge in [-0.2, -0.15) is 0 Å². The van der Waals surface area contributed by atoms with Crippen LogP contribution in [0.3, 0.4) is 0 Å². The molecular formula is C19H32N2. The number of hydrogen-bond donors (Lipinski definition) is 1. The largest absolute Gasteiger partial charge is 0.315 e. The number of hydrogen-bond acceptors (Lipinski definition) is 2. The van der Waals surface area contributed by atoms with Gasteiger partial charge in [0, 0.05) is 11.6 Å². The molecule has 1 aromatic rings. The fourth-order valence-corrected chi connectivity index (χ4v) is 4.36. The molecule has 1 fully saturated rings. The van der Waals surface area contributed by atoms with E-state index in [4.69, 9.17) is 0 Å². The molecule has 0 radical (unpaired) electrons. The number of nitrogens with zero attached hydrogens (tertiary/aromatic N) is 1. The van der Waals surface area contributed by atoms with Crippen LogP contribution in [0.4, 0.5) is 0 Å². The van der Waals surface area contributed by atoms with Gasteiger partial charge >= 0.3 is 0 Å². The highest BCUT2D eigenvalue weighted by Crippen LogP contribution is 2.39.